The van der Waals surface area contributed by atoms with E-state index in [9.17, 15) is 4.79 Å². The van der Waals surface area contributed by atoms with Crippen molar-refractivity contribution in [1.82, 2.24) is 5.32 Å². The molecule has 0 unspecified atom stereocenters. The van der Waals surface area contributed by atoms with Crippen LogP contribution in [-0.2, 0) is 4.79 Å². The number of fused-ring (bicyclic) bond motifs is 1. The lowest BCUT2D eigenvalue weighted by atomic mass is 10.0. The Bertz CT molecular complexity index is 818. The average Bonchev–Trinajstić information content (AvgIpc) is 2.79. The quantitative estimate of drug-likeness (QED) is 0.789. The van der Waals surface area contributed by atoms with Crippen molar-refractivity contribution < 1.29 is 4.79 Å². The van der Waals surface area contributed by atoms with Gasteiger partial charge in [0.25, 0.3) is 0 Å². The van der Waals surface area contributed by atoms with E-state index in [2.05, 4.69) is 26.2 Å². The number of benzene rings is 2. The number of aliphatic imine (C=N–C) groups is 2. The van der Waals surface area contributed by atoms with E-state index in [-0.39, 0.29) is 12.3 Å². The van der Waals surface area contributed by atoms with Gasteiger partial charge in [0, 0.05) is 16.1 Å². The van der Waals surface area contributed by atoms with E-state index >= 15 is 0 Å². The molecule has 1 N–H and O–H groups in total. The molecule has 0 spiro atoms. The van der Waals surface area contributed by atoms with E-state index in [1.54, 1.807) is 6.07 Å². The van der Waals surface area contributed by atoms with Crippen molar-refractivity contribution in [1.29, 1.82) is 0 Å². The molecule has 1 aliphatic rings. The molecule has 0 saturated heterocycles. The van der Waals surface area contributed by atoms with Crippen molar-refractivity contribution in [2.45, 2.75) is 0 Å². The van der Waals surface area contributed by atoms with E-state index in [0.29, 0.717) is 22.7 Å². The van der Waals surface area contributed by atoms with Crippen molar-refractivity contribution in [2.24, 2.45) is 9.98 Å². The van der Waals surface area contributed by atoms with Crippen LogP contribution in [0.25, 0.3) is 0 Å². The third-order valence-electron chi connectivity index (χ3n) is 3.54. The standard InChI is InChI=1S/C18H15BrClN3O/c19-9-14(24)10-21-17-11-22-18(12-4-2-1-3-5-12)15-8-13(20)6-7-16(15)23-17/h1-8H,9-11H2,(H,21,23). The van der Waals surface area contributed by atoms with E-state index in [4.69, 9.17) is 16.6 Å². The fourth-order valence-corrected chi connectivity index (χ4v) is 2.77. The predicted molar refractivity (Wildman–Crippen MR) is 102 cm³/mol. The van der Waals surface area contributed by atoms with Gasteiger partial charge in [0.1, 0.15) is 5.84 Å². The highest BCUT2D eigenvalue weighted by Gasteiger charge is 2.16. The molecule has 1 aliphatic heterocycles. The van der Waals surface area contributed by atoms with Crippen LogP contribution in [0.5, 0.6) is 0 Å². The maximum absolute atomic E-state index is 11.5. The summed E-state index contributed by atoms with van der Waals surface area (Å²) in [6.07, 6.45) is 0. The van der Waals surface area contributed by atoms with Gasteiger partial charge in [0.2, 0.25) is 0 Å². The molecule has 0 aliphatic carbocycles. The summed E-state index contributed by atoms with van der Waals surface area (Å²) in [6.45, 7) is 0.606. The van der Waals surface area contributed by atoms with Crippen LogP contribution < -0.4 is 5.32 Å². The highest BCUT2D eigenvalue weighted by molar-refractivity contribution is 9.09. The van der Waals surface area contributed by atoms with E-state index in [1.807, 2.05) is 42.5 Å². The Morgan fingerprint density at radius 3 is 2.75 bits per heavy atom. The molecule has 0 saturated carbocycles. The van der Waals surface area contributed by atoms with Crippen LogP contribution in [0.2, 0.25) is 5.02 Å². The number of Topliss-reactive ketones (excluding diaryl/α,β-unsaturated/α-hetero) is 1. The Morgan fingerprint density at radius 2 is 2.00 bits per heavy atom. The zero-order chi connectivity index (χ0) is 16.9. The molecule has 24 heavy (non-hydrogen) atoms. The summed E-state index contributed by atoms with van der Waals surface area (Å²) in [5, 5.41) is 4.03. The molecular formula is C18H15BrClN3O. The lowest BCUT2D eigenvalue weighted by molar-refractivity contribution is -0.115. The largest absolute Gasteiger partial charge is 0.365 e. The summed E-state index contributed by atoms with van der Waals surface area (Å²) in [5.74, 6) is 0.726. The molecule has 0 fully saturated rings. The Balaban J connectivity index is 1.99. The third kappa shape index (κ3) is 3.91. The minimum absolute atomic E-state index is 0.0607. The minimum atomic E-state index is 0.0607. The van der Waals surface area contributed by atoms with Gasteiger partial charge in [-0.15, -0.1) is 0 Å². The van der Waals surface area contributed by atoms with Crippen LogP contribution in [-0.4, -0.2) is 35.8 Å². The molecule has 3 rings (SSSR count). The van der Waals surface area contributed by atoms with Gasteiger partial charge in [-0.25, -0.2) is 4.99 Å². The number of halogens is 2. The molecule has 0 aromatic heterocycles. The molecule has 0 amide bonds. The fraction of sp³-hybridized carbons (Fsp3) is 0.167. The number of rotatable bonds is 4. The van der Waals surface area contributed by atoms with Gasteiger partial charge in [-0.05, 0) is 18.2 Å². The number of nitrogens with zero attached hydrogens (tertiary/aromatic N) is 2. The highest BCUT2D eigenvalue weighted by atomic mass is 79.9. The van der Waals surface area contributed by atoms with Crippen LogP contribution >= 0.6 is 27.5 Å². The van der Waals surface area contributed by atoms with Crippen molar-refractivity contribution >= 4 is 50.5 Å². The summed E-state index contributed by atoms with van der Waals surface area (Å²) in [7, 11) is 0. The molecule has 6 heteroatoms. The average molecular weight is 405 g/mol. The van der Waals surface area contributed by atoms with Crippen molar-refractivity contribution in [2.75, 3.05) is 18.4 Å². The summed E-state index contributed by atoms with van der Waals surface area (Å²) in [6, 6.07) is 15.5. The number of carbonyl (C=O) groups excluding carboxylic acids is 1. The van der Waals surface area contributed by atoms with Gasteiger partial charge in [-0.1, -0.05) is 57.9 Å². The normalized spacial score (nSPS) is 13.4. The monoisotopic (exact) mass is 403 g/mol. The molecule has 2 aromatic carbocycles. The lowest BCUT2D eigenvalue weighted by Crippen LogP contribution is -2.31. The number of alkyl halides is 1. The first kappa shape index (κ1) is 16.9. The molecule has 122 valence electrons. The first-order valence-corrected chi connectivity index (χ1v) is 8.96. The number of nitrogens with one attached hydrogen (secondary N) is 1. The molecular weight excluding hydrogens is 390 g/mol. The Labute approximate surface area is 153 Å². The minimum Gasteiger partial charge on any atom is -0.365 e. The van der Waals surface area contributed by atoms with E-state index in [1.165, 1.54) is 0 Å². The second-order valence-electron chi connectivity index (χ2n) is 5.28. The number of hydrogen-bond donors (Lipinski definition) is 1. The second-order valence-corrected chi connectivity index (χ2v) is 6.27. The molecule has 1 heterocycles. The summed E-state index contributed by atoms with van der Waals surface area (Å²) < 4.78 is 0. The van der Waals surface area contributed by atoms with E-state index < -0.39 is 0 Å². The smallest absolute Gasteiger partial charge is 0.162 e. The Morgan fingerprint density at radius 1 is 1.21 bits per heavy atom. The maximum Gasteiger partial charge on any atom is 0.162 e. The van der Waals surface area contributed by atoms with Crippen LogP contribution in [0.4, 0.5) is 5.69 Å². The van der Waals surface area contributed by atoms with Crippen LogP contribution in [0.15, 0.2) is 58.5 Å². The molecule has 0 radical (unpaired) electrons. The SMILES string of the molecule is O=C(CBr)CNC1=Nc2ccc(Cl)cc2C(c2ccccc2)=NC1. The Kier molecular flexibility index (Phi) is 5.43. The predicted octanol–water partition coefficient (Wildman–Crippen LogP) is 3.77. The summed E-state index contributed by atoms with van der Waals surface area (Å²) in [5.41, 5.74) is 3.53. The van der Waals surface area contributed by atoms with Crippen molar-refractivity contribution in [3.05, 3.63) is 64.7 Å². The van der Waals surface area contributed by atoms with Crippen molar-refractivity contribution in [3.63, 3.8) is 0 Å². The van der Waals surface area contributed by atoms with Crippen LogP contribution in [0, 0.1) is 0 Å². The number of hydrogen-bond acceptors (Lipinski definition) is 4. The topological polar surface area (TPSA) is 53.8 Å². The zero-order valence-electron chi connectivity index (χ0n) is 12.8. The van der Waals surface area contributed by atoms with Gasteiger partial charge in [-0.2, -0.15) is 0 Å². The van der Waals surface area contributed by atoms with E-state index in [0.717, 1.165) is 22.5 Å². The third-order valence-corrected chi connectivity index (χ3v) is 4.40. The van der Waals surface area contributed by atoms with Gasteiger partial charge in [0.15, 0.2) is 5.78 Å². The Hall–Kier alpha value is -1.98. The highest BCUT2D eigenvalue weighted by Crippen LogP contribution is 2.28. The van der Waals surface area contributed by atoms with Gasteiger partial charge < -0.3 is 5.32 Å². The summed E-state index contributed by atoms with van der Waals surface area (Å²) in [4.78, 5) is 20.8. The number of ketones is 1. The molecule has 4 nitrogen and oxygen atoms in total. The molecule has 2 aromatic rings. The first-order chi connectivity index (χ1) is 11.7. The second kappa shape index (κ2) is 7.73. The summed E-state index contributed by atoms with van der Waals surface area (Å²) >= 11 is 9.33. The molecule has 0 atom stereocenters. The maximum atomic E-state index is 11.5. The number of amidine groups is 1. The van der Waals surface area contributed by atoms with Crippen molar-refractivity contribution in [3.8, 4) is 0 Å². The number of carbonyl (C=O) groups is 1. The van der Waals surface area contributed by atoms with Crippen LogP contribution in [0.3, 0.4) is 0 Å². The fourth-order valence-electron chi connectivity index (χ4n) is 2.40. The molecule has 0 bridgehead atoms. The first-order valence-electron chi connectivity index (χ1n) is 7.46. The van der Waals surface area contributed by atoms with Gasteiger partial charge >= 0.3 is 0 Å². The van der Waals surface area contributed by atoms with Crippen LogP contribution in [0.1, 0.15) is 11.1 Å². The van der Waals surface area contributed by atoms with Gasteiger partial charge in [-0.3, -0.25) is 9.79 Å². The van der Waals surface area contributed by atoms with Gasteiger partial charge in [0.05, 0.1) is 29.8 Å². The lowest BCUT2D eigenvalue weighted by Gasteiger charge is -2.08. The zero-order valence-corrected chi connectivity index (χ0v) is 15.1.